The van der Waals surface area contributed by atoms with Gasteiger partial charge in [-0.05, 0) is 41.5 Å². The molecule has 2 aromatic carbocycles. The third-order valence-electron chi connectivity index (χ3n) is 2.57. The number of rotatable bonds is 5. The maximum absolute atomic E-state index is 5.65. The molecule has 0 spiro atoms. The summed E-state index contributed by atoms with van der Waals surface area (Å²) in [6.07, 6.45) is 1.01. The highest BCUT2D eigenvalue weighted by Gasteiger charge is 1.99. The van der Waals surface area contributed by atoms with Gasteiger partial charge in [0.15, 0.2) is 0 Å². The summed E-state index contributed by atoms with van der Waals surface area (Å²) < 4.78 is 10.8. The van der Waals surface area contributed by atoms with Gasteiger partial charge in [0.05, 0.1) is 13.7 Å². The summed E-state index contributed by atoms with van der Waals surface area (Å²) in [4.78, 5) is 0. The standard InChI is InChI=1S/C14H15BrO2/c1-16-13-5-3-12-10-14(17-8-2-7-15)6-4-11(12)9-13/h3-6,9-10H,2,7-8H2,1H3. The zero-order chi connectivity index (χ0) is 12.1. The fourth-order valence-corrected chi connectivity index (χ4v) is 1.89. The van der Waals surface area contributed by atoms with E-state index in [1.807, 2.05) is 24.3 Å². The Labute approximate surface area is 110 Å². The van der Waals surface area contributed by atoms with Crippen LogP contribution in [0.2, 0.25) is 0 Å². The smallest absolute Gasteiger partial charge is 0.119 e. The van der Waals surface area contributed by atoms with E-state index >= 15 is 0 Å². The minimum Gasteiger partial charge on any atom is -0.497 e. The van der Waals surface area contributed by atoms with Gasteiger partial charge >= 0.3 is 0 Å². The Balaban J connectivity index is 2.19. The van der Waals surface area contributed by atoms with E-state index in [4.69, 9.17) is 9.47 Å². The van der Waals surface area contributed by atoms with Gasteiger partial charge in [0.25, 0.3) is 0 Å². The summed E-state index contributed by atoms with van der Waals surface area (Å²) in [5.74, 6) is 1.80. The monoisotopic (exact) mass is 294 g/mol. The molecule has 0 N–H and O–H groups in total. The second kappa shape index (κ2) is 5.92. The van der Waals surface area contributed by atoms with Crippen LogP contribution in [0.4, 0.5) is 0 Å². The van der Waals surface area contributed by atoms with Gasteiger partial charge in [0.2, 0.25) is 0 Å². The first kappa shape index (κ1) is 12.2. The van der Waals surface area contributed by atoms with Crippen molar-refractivity contribution in [1.29, 1.82) is 0 Å². The Bertz CT molecular complexity index is 497. The summed E-state index contributed by atoms with van der Waals surface area (Å²) in [7, 11) is 1.68. The van der Waals surface area contributed by atoms with Crippen molar-refractivity contribution in [3.05, 3.63) is 36.4 Å². The molecule has 90 valence electrons. The highest BCUT2D eigenvalue weighted by Crippen LogP contribution is 2.24. The summed E-state index contributed by atoms with van der Waals surface area (Å²) >= 11 is 3.38. The van der Waals surface area contributed by atoms with Crippen molar-refractivity contribution in [2.24, 2.45) is 0 Å². The third-order valence-corrected chi connectivity index (χ3v) is 3.13. The minimum atomic E-state index is 0.743. The summed E-state index contributed by atoms with van der Waals surface area (Å²) in [6.45, 7) is 0.743. The lowest BCUT2D eigenvalue weighted by Gasteiger charge is -2.07. The average Bonchev–Trinajstić information content (AvgIpc) is 2.38. The summed E-state index contributed by atoms with van der Waals surface area (Å²) in [6, 6.07) is 12.1. The lowest BCUT2D eigenvalue weighted by atomic mass is 10.1. The zero-order valence-electron chi connectivity index (χ0n) is 9.78. The lowest BCUT2D eigenvalue weighted by molar-refractivity contribution is 0.319. The number of alkyl halides is 1. The molecule has 0 amide bonds. The fourth-order valence-electron chi connectivity index (χ4n) is 1.66. The average molecular weight is 295 g/mol. The van der Waals surface area contributed by atoms with E-state index in [9.17, 15) is 0 Å². The van der Waals surface area contributed by atoms with E-state index in [0.29, 0.717) is 0 Å². The molecular formula is C14H15BrO2. The van der Waals surface area contributed by atoms with E-state index in [0.717, 1.165) is 35.2 Å². The predicted molar refractivity (Wildman–Crippen MR) is 74.4 cm³/mol. The molecule has 0 radical (unpaired) electrons. The van der Waals surface area contributed by atoms with Gasteiger partial charge in [-0.1, -0.05) is 28.1 Å². The van der Waals surface area contributed by atoms with Gasteiger partial charge < -0.3 is 9.47 Å². The number of ether oxygens (including phenoxy) is 2. The van der Waals surface area contributed by atoms with Crippen LogP contribution in [0.1, 0.15) is 6.42 Å². The summed E-state index contributed by atoms with van der Waals surface area (Å²) in [5.41, 5.74) is 0. The second-order valence-corrected chi connectivity index (χ2v) is 4.56. The van der Waals surface area contributed by atoms with Crippen LogP contribution in [0, 0.1) is 0 Å². The van der Waals surface area contributed by atoms with Crippen molar-refractivity contribution >= 4 is 26.7 Å². The van der Waals surface area contributed by atoms with Crippen LogP contribution in [-0.2, 0) is 0 Å². The SMILES string of the molecule is COc1ccc2cc(OCCCBr)ccc2c1. The molecule has 0 aliphatic carbocycles. The largest absolute Gasteiger partial charge is 0.497 e. The molecule has 0 unspecified atom stereocenters. The van der Waals surface area contributed by atoms with Crippen molar-refractivity contribution in [2.75, 3.05) is 19.0 Å². The van der Waals surface area contributed by atoms with E-state index in [2.05, 4.69) is 28.1 Å². The van der Waals surface area contributed by atoms with Crippen LogP contribution >= 0.6 is 15.9 Å². The molecule has 0 bridgehead atoms. The molecule has 0 atom stereocenters. The van der Waals surface area contributed by atoms with Crippen LogP contribution in [0.15, 0.2) is 36.4 Å². The molecule has 0 aromatic heterocycles. The molecule has 0 saturated heterocycles. The molecule has 2 rings (SSSR count). The fraction of sp³-hybridized carbons (Fsp3) is 0.286. The highest BCUT2D eigenvalue weighted by molar-refractivity contribution is 9.09. The highest BCUT2D eigenvalue weighted by atomic mass is 79.9. The quantitative estimate of drug-likeness (QED) is 0.613. The Hall–Kier alpha value is -1.22. The Morgan fingerprint density at radius 3 is 2.29 bits per heavy atom. The van der Waals surface area contributed by atoms with Crippen LogP contribution in [-0.4, -0.2) is 19.0 Å². The number of halogens is 1. The van der Waals surface area contributed by atoms with Crippen molar-refractivity contribution in [1.82, 2.24) is 0 Å². The maximum atomic E-state index is 5.65. The van der Waals surface area contributed by atoms with Crippen molar-refractivity contribution < 1.29 is 9.47 Å². The molecule has 2 nitrogen and oxygen atoms in total. The molecular weight excluding hydrogens is 280 g/mol. The minimum absolute atomic E-state index is 0.743. The van der Waals surface area contributed by atoms with Crippen LogP contribution in [0.3, 0.4) is 0 Å². The molecule has 0 aliphatic heterocycles. The second-order valence-electron chi connectivity index (χ2n) is 3.77. The normalized spacial score (nSPS) is 10.5. The number of fused-ring (bicyclic) bond motifs is 1. The van der Waals surface area contributed by atoms with Gasteiger partial charge in [-0.2, -0.15) is 0 Å². The molecule has 0 heterocycles. The van der Waals surface area contributed by atoms with E-state index in [-0.39, 0.29) is 0 Å². The first-order chi connectivity index (χ1) is 8.33. The van der Waals surface area contributed by atoms with Crippen LogP contribution in [0.5, 0.6) is 11.5 Å². The Morgan fingerprint density at radius 2 is 1.65 bits per heavy atom. The molecule has 0 fully saturated rings. The number of methoxy groups -OCH3 is 1. The van der Waals surface area contributed by atoms with E-state index in [1.165, 1.54) is 5.39 Å². The number of hydrogen-bond donors (Lipinski definition) is 0. The first-order valence-corrected chi connectivity index (χ1v) is 6.72. The Morgan fingerprint density at radius 1 is 1.00 bits per heavy atom. The molecule has 2 aromatic rings. The molecule has 3 heteroatoms. The van der Waals surface area contributed by atoms with Gasteiger partial charge in [0.1, 0.15) is 11.5 Å². The number of benzene rings is 2. The third kappa shape index (κ3) is 3.13. The lowest BCUT2D eigenvalue weighted by Crippen LogP contribution is -1.97. The van der Waals surface area contributed by atoms with E-state index < -0.39 is 0 Å². The maximum Gasteiger partial charge on any atom is 0.119 e. The van der Waals surface area contributed by atoms with E-state index in [1.54, 1.807) is 7.11 Å². The van der Waals surface area contributed by atoms with Crippen molar-refractivity contribution in [3.8, 4) is 11.5 Å². The topological polar surface area (TPSA) is 18.5 Å². The van der Waals surface area contributed by atoms with Gasteiger partial charge in [-0.15, -0.1) is 0 Å². The predicted octanol–water partition coefficient (Wildman–Crippen LogP) is 4.01. The molecule has 0 aliphatic rings. The zero-order valence-corrected chi connectivity index (χ0v) is 11.4. The van der Waals surface area contributed by atoms with Crippen molar-refractivity contribution in [2.45, 2.75) is 6.42 Å². The first-order valence-electron chi connectivity index (χ1n) is 5.60. The van der Waals surface area contributed by atoms with Crippen LogP contribution < -0.4 is 9.47 Å². The van der Waals surface area contributed by atoms with Gasteiger partial charge in [-0.3, -0.25) is 0 Å². The summed E-state index contributed by atoms with van der Waals surface area (Å²) in [5, 5.41) is 3.30. The van der Waals surface area contributed by atoms with Crippen LogP contribution in [0.25, 0.3) is 10.8 Å². The molecule has 0 saturated carbocycles. The number of hydrogen-bond acceptors (Lipinski definition) is 2. The van der Waals surface area contributed by atoms with Crippen molar-refractivity contribution in [3.63, 3.8) is 0 Å². The van der Waals surface area contributed by atoms with Gasteiger partial charge in [-0.25, -0.2) is 0 Å². The Kier molecular flexibility index (Phi) is 4.26. The van der Waals surface area contributed by atoms with Gasteiger partial charge in [0, 0.05) is 5.33 Å². The molecule has 17 heavy (non-hydrogen) atoms.